The molecule has 0 aliphatic rings. The first-order chi connectivity index (χ1) is 9.19. The normalized spacial score (nSPS) is 10.0. The summed E-state index contributed by atoms with van der Waals surface area (Å²) in [6.45, 7) is 1.90. The number of hydrogen-bond donors (Lipinski definition) is 0. The Morgan fingerprint density at radius 2 is 1.95 bits per heavy atom. The van der Waals surface area contributed by atoms with E-state index in [9.17, 15) is 4.79 Å². The van der Waals surface area contributed by atoms with E-state index >= 15 is 0 Å². The van der Waals surface area contributed by atoms with Crippen LogP contribution in [0, 0.1) is 6.92 Å². The maximum atomic E-state index is 11.9. The molecule has 1 aromatic carbocycles. The molecular formula is C14H14N2O3. The minimum atomic E-state index is -0.493. The Balaban J connectivity index is 2.06. The molecule has 0 bridgehead atoms. The molecule has 0 amide bonds. The Morgan fingerprint density at radius 3 is 2.63 bits per heavy atom. The Kier molecular flexibility index (Phi) is 4.07. The van der Waals surface area contributed by atoms with Crippen molar-refractivity contribution in [3.8, 4) is 5.88 Å². The van der Waals surface area contributed by atoms with Crippen molar-refractivity contribution in [1.29, 1.82) is 0 Å². The van der Waals surface area contributed by atoms with E-state index in [1.807, 2.05) is 30.3 Å². The van der Waals surface area contributed by atoms with Crippen molar-refractivity contribution >= 4 is 5.97 Å². The Hall–Kier alpha value is -2.43. The lowest BCUT2D eigenvalue weighted by Gasteiger charge is -2.06. The number of carbonyl (C=O) groups is 1. The molecule has 0 saturated carbocycles. The van der Waals surface area contributed by atoms with Crippen molar-refractivity contribution in [2.24, 2.45) is 0 Å². The van der Waals surface area contributed by atoms with Crippen molar-refractivity contribution in [1.82, 2.24) is 9.97 Å². The molecule has 0 unspecified atom stereocenters. The summed E-state index contributed by atoms with van der Waals surface area (Å²) >= 11 is 0. The lowest BCUT2D eigenvalue weighted by Crippen LogP contribution is -2.09. The fourth-order valence-corrected chi connectivity index (χ4v) is 1.55. The van der Waals surface area contributed by atoms with Crippen LogP contribution >= 0.6 is 0 Å². The molecule has 1 heterocycles. The molecule has 0 fully saturated rings. The van der Waals surface area contributed by atoms with Gasteiger partial charge in [0.2, 0.25) is 5.88 Å². The number of methoxy groups -OCH3 is 1. The number of rotatable bonds is 4. The third-order valence-electron chi connectivity index (χ3n) is 2.45. The highest BCUT2D eigenvalue weighted by molar-refractivity contribution is 5.87. The van der Waals surface area contributed by atoms with Gasteiger partial charge in [-0.25, -0.2) is 9.78 Å². The number of benzene rings is 1. The van der Waals surface area contributed by atoms with Crippen molar-refractivity contribution in [2.45, 2.75) is 13.5 Å². The monoisotopic (exact) mass is 258 g/mol. The summed E-state index contributed by atoms with van der Waals surface area (Å²) in [5.41, 5.74) is 1.12. The van der Waals surface area contributed by atoms with Gasteiger partial charge in [-0.05, 0) is 12.5 Å². The van der Waals surface area contributed by atoms with E-state index in [2.05, 4.69) is 9.97 Å². The molecule has 0 aliphatic heterocycles. The van der Waals surface area contributed by atoms with Crippen LogP contribution in [0.4, 0.5) is 0 Å². The Labute approximate surface area is 111 Å². The highest BCUT2D eigenvalue weighted by Gasteiger charge is 2.12. The number of carbonyl (C=O) groups excluding carboxylic acids is 1. The fourth-order valence-electron chi connectivity index (χ4n) is 1.55. The first kappa shape index (κ1) is 13.0. The van der Waals surface area contributed by atoms with E-state index < -0.39 is 5.97 Å². The van der Waals surface area contributed by atoms with Gasteiger partial charge in [0.25, 0.3) is 0 Å². The second-order valence-electron chi connectivity index (χ2n) is 3.90. The van der Waals surface area contributed by atoms with Crippen LogP contribution in [-0.2, 0) is 11.3 Å². The van der Waals surface area contributed by atoms with E-state index in [-0.39, 0.29) is 12.3 Å². The second kappa shape index (κ2) is 5.95. The largest absolute Gasteiger partial charge is 0.481 e. The third-order valence-corrected chi connectivity index (χ3v) is 2.45. The van der Waals surface area contributed by atoms with Gasteiger partial charge in [-0.3, -0.25) is 0 Å². The summed E-state index contributed by atoms with van der Waals surface area (Å²) in [6.07, 6.45) is 0. The summed E-state index contributed by atoms with van der Waals surface area (Å²) in [5, 5.41) is 0. The van der Waals surface area contributed by atoms with E-state index in [0.29, 0.717) is 11.7 Å². The molecule has 2 aromatic rings. The molecular weight excluding hydrogens is 244 g/mol. The van der Waals surface area contributed by atoms with E-state index in [1.54, 1.807) is 6.92 Å². The van der Waals surface area contributed by atoms with E-state index in [0.717, 1.165) is 5.56 Å². The van der Waals surface area contributed by atoms with Crippen molar-refractivity contribution in [3.05, 3.63) is 53.5 Å². The molecule has 1 aromatic heterocycles. The van der Waals surface area contributed by atoms with Gasteiger partial charge in [0.05, 0.1) is 7.11 Å². The summed E-state index contributed by atoms with van der Waals surface area (Å²) in [7, 11) is 1.49. The number of hydrogen-bond acceptors (Lipinski definition) is 5. The van der Waals surface area contributed by atoms with Crippen LogP contribution in [0.5, 0.6) is 5.88 Å². The standard InChI is InChI=1S/C14H14N2O3/c1-10-15-12(8-13(16-10)18-2)14(17)19-9-11-6-4-3-5-7-11/h3-8H,9H2,1-2H3. The Bertz CT molecular complexity index is 570. The minimum absolute atomic E-state index is 0.195. The van der Waals surface area contributed by atoms with Gasteiger partial charge in [-0.15, -0.1) is 0 Å². The van der Waals surface area contributed by atoms with Crippen LogP contribution in [0.3, 0.4) is 0 Å². The molecule has 5 nitrogen and oxygen atoms in total. The predicted octanol–water partition coefficient (Wildman–Crippen LogP) is 2.15. The van der Waals surface area contributed by atoms with Gasteiger partial charge in [-0.2, -0.15) is 4.98 Å². The van der Waals surface area contributed by atoms with Crippen LogP contribution in [0.1, 0.15) is 21.9 Å². The zero-order valence-corrected chi connectivity index (χ0v) is 10.8. The number of aromatic nitrogens is 2. The molecule has 2 rings (SSSR count). The first-order valence-electron chi connectivity index (χ1n) is 5.80. The van der Waals surface area contributed by atoms with Crippen molar-refractivity contribution in [2.75, 3.05) is 7.11 Å². The summed E-state index contributed by atoms with van der Waals surface area (Å²) in [4.78, 5) is 19.9. The second-order valence-corrected chi connectivity index (χ2v) is 3.90. The van der Waals surface area contributed by atoms with Gasteiger partial charge in [0.1, 0.15) is 12.4 Å². The maximum Gasteiger partial charge on any atom is 0.357 e. The van der Waals surface area contributed by atoms with Crippen LogP contribution < -0.4 is 4.74 Å². The third kappa shape index (κ3) is 3.51. The SMILES string of the molecule is COc1cc(C(=O)OCc2ccccc2)nc(C)n1. The Morgan fingerprint density at radius 1 is 1.21 bits per heavy atom. The summed E-state index contributed by atoms with van der Waals surface area (Å²) < 4.78 is 10.2. The van der Waals surface area contributed by atoms with Crippen molar-refractivity contribution < 1.29 is 14.3 Å². The molecule has 0 saturated heterocycles. The van der Waals surface area contributed by atoms with Gasteiger partial charge in [0.15, 0.2) is 5.69 Å². The average molecular weight is 258 g/mol. The van der Waals surface area contributed by atoms with Gasteiger partial charge in [0, 0.05) is 6.07 Å². The smallest absolute Gasteiger partial charge is 0.357 e. The zero-order chi connectivity index (χ0) is 13.7. The van der Waals surface area contributed by atoms with Gasteiger partial charge >= 0.3 is 5.97 Å². The van der Waals surface area contributed by atoms with Crippen LogP contribution in [0.15, 0.2) is 36.4 Å². The molecule has 0 radical (unpaired) electrons. The number of esters is 1. The number of ether oxygens (including phenoxy) is 2. The predicted molar refractivity (Wildman–Crippen MR) is 68.9 cm³/mol. The van der Waals surface area contributed by atoms with Crippen LogP contribution in [0.2, 0.25) is 0 Å². The minimum Gasteiger partial charge on any atom is -0.481 e. The summed E-state index contributed by atoms with van der Waals surface area (Å²) in [6, 6.07) is 10.9. The molecule has 98 valence electrons. The molecule has 0 atom stereocenters. The van der Waals surface area contributed by atoms with Crippen LogP contribution in [0.25, 0.3) is 0 Å². The van der Waals surface area contributed by atoms with E-state index in [4.69, 9.17) is 9.47 Å². The van der Waals surface area contributed by atoms with Crippen LogP contribution in [-0.4, -0.2) is 23.0 Å². The maximum absolute atomic E-state index is 11.9. The van der Waals surface area contributed by atoms with Gasteiger partial charge < -0.3 is 9.47 Å². The lowest BCUT2D eigenvalue weighted by molar-refractivity contribution is 0.0464. The molecule has 0 spiro atoms. The summed E-state index contributed by atoms with van der Waals surface area (Å²) in [5.74, 6) is 0.317. The highest BCUT2D eigenvalue weighted by Crippen LogP contribution is 2.10. The highest BCUT2D eigenvalue weighted by atomic mass is 16.5. The molecule has 19 heavy (non-hydrogen) atoms. The topological polar surface area (TPSA) is 61.3 Å². The quantitative estimate of drug-likeness (QED) is 0.786. The molecule has 5 heteroatoms. The average Bonchev–Trinajstić information content (AvgIpc) is 2.45. The molecule has 0 N–H and O–H groups in total. The first-order valence-corrected chi connectivity index (χ1v) is 5.80. The van der Waals surface area contributed by atoms with Crippen molar-refractivity contribution in [3.63, 3.8) is 0 Å². The fraction of sp³-hybridized carbons (Fsp3) is 0.214. The van der Waals surface area contributed by atoms with E-state index in [1.165, 1.54) is 13.2 Å². The molecule has 0 aliphatic carbocycles. The zero-order valence-electron chi connectivity index (χ0n) is 10.8. The number of nitrogens with zero attached hydrogens (tertiary/aromatic N) is 2. The lowest BCUT2D eigenvalue weighted by atomic mass is 10.2. The van der Waals surface area contributed by atoms with Gasteiger partial charge in [-0.1, -0.05) is 30.3 Å². The number of aryl methyl sites for hydroxylation is 1.